The number of nitrogens with two attached hydrogens (primary N) is 2. The maximum atomic E-state index is 11.3. The second-order valence-electron chi connectivity index (χ2n) is 3.42. The van der Waals surface area contributed by atoms with E-state index in [-0.39, 0.29) is 24.8 Å². The van der Waals surface area contributed by atoms with E-state index in [9.17, 15) is 9.59 Å². The van der Waals surface area contributed by atoms with E-state index in [1.54, 1.807) is 0 Å². The Morgan fingerprint density at radius 2 is 2.00 bits per heavy atom. The summed E-state index contributed by atoms with van der Waals surface area (Å²) in [7, 11) is 0. The van der Waals surface area contributed by atoms with Gasteiger partial charge in [-0.1, -0.05) is 20.3 Å². The van der Waals surface area contributed by atoms with Crippen LogP contribution in [0, 0.1) is 5.92 Å². The first-order valence-electron chi connectivity index (χ1n) is 4.80. The molecule has 0 rings (SSSR count). The van der Waals surface area contributed by atoms with E-state index in [0.29, 0.717) is 0 Å². The van der Waals surface area contributed by atoms with Crippen LogP contribution < -0.4 is 16.8 Å². The number of carbonyl (C=O) groups is 2. The molecule has 5 nitrogen and oxygen atoms in total. The van der Waals surface area contributed by atoms with Crippen LogP contribution in [-0.2, 0) is 9.59 Å². The molecular weight excluding hydrogens is 182 g/mol. The Bertz CT molecular complexity index is 206. The molecule has 0 heterocycles. The molecule has 0 aromatic carbocycles. The van der Waals surface area contributed by atoms with Crippen molar-refractivity contribution >= 4 is 11.8 Å². The monoisotopic (exact) mass is 201 g/mol. The zero-order chi connectivity index (χ0) is 11.1. The molecule has 0 aromatic rings. The minimum atomic E-state index is -0.507. The smallest absolute Gasteiger partial charge is 0.237 e. The van der Waals surface area contributed by atoms with E-state index < -0.39 is 11.9 Å². The molecule has 5 N–H and O–H groups in total. The van der Waals surface area contributed by atoms with E-state index in [4.69, 9.17) is 11.5 Å². The molecule has 1 unspecified atom stereocenters. The Hall–Kier alpha value is -1.10. The van der Waals surface area contributed by atoms with Crippen molar-refractivity contribution in [1.29, 1.82) is 0 Å². The number of amides is 2. The minimum Gasteiger partial charge on any atom is -0.370 e. The van der Waals surface area contributed by atoms with Crippen LogP contribution in [0.3, 0.4) is 0 Å². The molecule has 0 aromatic heterocycles. The van der Waals surface area contributed by atoms with Crippen LogP contribution >= 0.6 is 0 Å². The quantitative estimate of drug-likeness (QED) is 0.532. The number of nitrogens with one attached hydrogen (secondary N) is 1. The van der Waals surface area contributed by atoms with Gasteiger partial charge < -0.3 is 16.8 Å². The van der Waals surface area contributed by atoms with Crippen LogP contribution in [0.4, 0.5) is 0 Å². The molecule has 0 aliphatic carbocycles. The Kier molecular flexibility index (Phi) is 5.87. The summed E-state index contributed by atoms with van der Waals surface area (Å²) in [6, 6.07) is -0.507. The van der Waals surface area contributed by atoms with Crippen molar-refractivity contribution in [2.24, 2.45) is 17.4 Å². The van der Waals surface area contributed by atoms with E-state index in [0.717, 1.165) is 6.42 Å². The Labute approximate surface area is 84.2 Å². The summed E-state index contributed by atoms with van der Waals surface area (Å²) in [5, 5.41) is 2.56. The highest BCUT2D eigenvalue weighted by Crippen LogP contribution is 2.04. The average Bonchev–Trinajstić information content (AvgIpc) is 2.14. The van der Waals surface area contributed by atoms with Gasteiger partial charge in [-0.25, -0.2) is 0 Å². The summed E-state index contributed by atoms with van der Waals surface area (Å²) in [6.07, 6.45) is 1.00. The highest BCUT2D eigenvalue weighted by atomic mass is 16.2. The summed E-state index contributed by atoms with van der Waals surface area (Å²) in [6.45, 7) is 4.15. The third-order valence-corrected chi connectivity index (χ3v) is 2.23. The predicted molar refractivity (Wildman–Crippen MR) is 54.3 cm³/mol. The van der Waals surface area contributed by atoms with Crippen LogP contribution in [0.1, 0.15) is 26.7 Å². The van der Waals surface area contributed by atoms with Crippen LogP contribution in [0.15, 0.2) is 0 Å². The van der Waals surface area contributed by atoms with Gasteiger partial charge in [0.25, 0.3) is 0 Å². The number of primary amides is 1. The molecule has 0 aliphatic rings. The lowest BCUT2D eigenvalue weighted by atomic mass is 9.99. The summed E-state index contributed by atoms with van der Waals surface area (Å²) < 4.78 is 0. The zero-order valence-electron chi connectivity index (χ0n) is 8.75. The molecule has 0 spiro atoms. The topological polar surface area (TPSA) is 98.2 Å². The Morgan fingerprint density at radius 3 is 2.43 bits per heavy atom. The lowest BCUT2D eigenvalue weighted by Gasteiger charge is -2.17. The van der Waals surface area contributed by atoms with Crippen LogP contribution in [0.25, 0.3) is 0 Å². The molecule has 14 heavy (non-hydrogen) atoms. The van der Waals surface area contributed by atoms with Gasteiger partial charge in [-0.3, -0.25) is 9.59 Å². The van der Waals surface area contributed by atoms with Gasteiger partial charge in [0.2, 0.25) is 11.8 Å². The lowest BCUT2D eigenvalue weighted by molar-refractivity contribution is -0.123. The predicted octanol–water partition coefficient (Wildman–Crippen LogP) is -0.649. The van der Waals surface area contributed by atoms with Crippen LogP contribution in [0.2, 0.25) is 0 Å². The molecule has 0 aliphatic heterocycles. The summed E-state index contributed by atoms with van der Waals surface area (Å²) in [5.74, 6) is -0.508. The van der Waals surface area contributed by atoms with E-state index in [1.165, 1.54) is 0 Å². The summed E-state index contributed by atoms with van der Waals surface area (Å²) in [5.41, 5.74) is 10.6. The summed E-state index contributed by atoms with van der Waals surface area (Å²) in [4.78, 5) is 21.7. The van der Waals surface area contributed by atoms with Crippen molar-refractivity contribution < 1.29 is 9.59 Å². The molecule has 5 heteroatoms. The molecule has 2 atom stereocenters. The fourth-order valence-corrected chi connectivity index (χ4v) is 0.939. The number of hydrogen-bond donors (Lipinski definition) is 3. The number of carbonyl (C=O) groups excluding carboxylic acids is 2. The summed E-state index contributed by atoms with van der Waals surface area (Å²) >= 11 is 0. The van der Waals surface area contributed by atoms with Crippen molar-refractivity contribution in [1.82, 2.24) is 5.32 Å². The number of hydrogen-bond acceptors (Lipinski definition) is 3. The zero-order valence-corrected chi connectivity index (χ0v) is 8.75. The van der Waals surface area contributed by atoms with Gasteiger partial charge in [-0.15, -0.1) is 0 Å². The van der Waals surface area contributed by atoms with Crippen molar-refractivity contribution in [3.05, 3.63) is 0 Å². The van der Waals surface area contributed by atoms with Crippen molar-refractivity contribution in [3.8, 4) is 0 Å². The second kappa shape index (κ2) is 6.37. The van der Waals surface area contributed by atoms with E-state index >= 15 is 0 Å². The normalized spacial score (nSPS) is 14.5. The highest BCUT2D eigenvalue weighted by molar-refractivity contribution is 5.82. The third kappa shape index (κ3) is 4.81. The Balaban J connectivity index is 3.78. The minimum absolute atomic E-state index is 0.142. The fourth-order valence-electron chi connectivity index (χ4n) is 0.939. The molecule has 82 valence electrons. The van der Waals surface area contributed by atoms with Crippen molar-refractivity contribution in [3.63, 3.8) is 0 Å². The lowest BCUT2D eigenvalue weighted by Crippen LogP contribution is -2.45. The fraction of sp³-hybridized carbons (Fsp3) is 0.778. The Morgan fingerprint density at radius 1 is 1.43 bits per heavy atom. The molecule has 0 saturated heterocycles. The van der Waals surface area contributed by atoms with Crippen LogP contribution in [0.5, 0.6) is 0 Å². The maximum Gasteiger partial charge on any atom is 0.237 e. The third-order valence-electron chi connectivity index (χ3n) is 2.23. The van der Waals surface area contributed by atoms with Crippen LogP contribution in [-0.4, -0.2) is 24.4 Å². The first kappa shape index (κ1) is 12.9. The van der Waals surface area contributed by atoms with Gasteiger partial charge in [0, 0.05) is 13.0 Å². The van der Waals surface area contributed by atoms with Crippen molar-refractivity contribution in [2.75, 3.05) is 6.54 Å². The van der Waals surface area contributed by atoms with Crippen molar-refractivity contribution in [2.45, 2.75) is 32.7 Å². The van der Waals surface area contributed by atoms with E-state index in [2.05, 4.69) is 5.32 Å². The molecule has 2 amide bonds. The molecule has 0 fully saturated rings. The highest BCUT2D eigenvalue weighted by Gasteiger charge is 2.18. The van der Waals surface area contributed by atoms with Gasteiger partial charge in [0.1, 0.15) is 0 Å². The second-order valence-corrected chi connectivity index (χ2v) is 3.42. The largest absolute Gasteiger partial charge is 0.370 e. The molecule has 0 radical (unpaired) electrons. The molecule has 0 saturated carbocycles. The van der Waals surface area contributed by atoms with E-state index in [1.807, 2.05) is 13.8 Å². The first-order chi connectivity index (χ1) is 6.49. The average molecular weight is 201 g/mol. The van der Waals surface area contributed by atoms with Gasteiger partial charge in [0.05, 0.1) is 6.04 Å². The van der Waals surface area contributed by atoms with Gasteiger partial charge in [-0.05, 0) is 5.92 Å². The molecular formula is C9H19N3O2. The van der Waals surface area contributed by atoms with Gasteiger partial charge in [-0.2, -0.15) is 0 Å². The number of rotatable bonds is 6. The SMILES string of the molecule is CCC(C)[C@H](N)C(=O)NCCC(N)=O. The van der Waals surface area contributed by atoms with Gasteiger partial charge >= 0.3 is 0 Å². The van der Waals surface area contributed by atoms with Gasteiger partial charge in [0.15, 0.2) is 0 Å². The standard InChI is InChI=1S/C9H19N3O2/c1-3-6(2)8(11)9(14)12-5-4-7(10)13/h6,8H,3-5,11H2,1-2H3,(H2,10,13)(H,12,14)/t6?,8-/m0/s1. The molecule has 0 bridgehead atoms. The first-order valence-corrected chi connectivity index (χ1v) is 4.80. The maximum absolute atomic E-state index is 11.3.